The summed E-state index contributed by atoms with van der Waals surface area (Å²) in [5.41, 5.74) is 2.29. The Morgan fingerprint density at radius 2 is 2.13 bits per heavy atom. The maximum Gasteiger partial charge on any atom is 0.160 e. The van der Waals surface area contributed by atoms with Gasteiger partial charge in [-0.3, -0.25) is 4.79 Å². The average Bonchev–Trinajstić information content (AvgIpc) is 2.71. The van der Waals surface area contributed by atoms with Crippen LogP contribution in [-0.2, 0) is 11.2 Å². The normalized spacial score (nSPS) is 16.4. The highest BCUT2D eigenvalue weighted by molar-refractivity contribution is 5.91. The van der Waals surface area contributed by atoms with Gasteiger partial charge in [-0.2, -0.15) is 0 Å². The minimum atomic E-state index is 0.202. The van der Waals surface area contributed by atoms with Gasteiger partial charge in [0.05, 0.1) is 12.5 Å². The van der Waals surface area contributed by atoms with Crippen molar-refractivity contribution in [1.29, 1.82) is 0 Å². The molecule has 0 saturated heterocycles. The van der Waals surface area contributed by atoms with Crippen LogP contribution < -0.4 is 0 Å². The maximum absolute atomic E-state index is 11.7. The van der Waals surface area contributed by atoms with Crippen LogP contribution in [0.15, 0.2) is 34.7 Å². The van der Waals surface area contributed by atoms with Crippen molar-refractivity contribution in [3.05, 3.63) is 35.8 Å². The van der Waals surface area contributed by atoms with E-state index in [4.69, 9.17) is 4.42 Å². The zero-order valence-electron chi connectivity index (χ0n) is 8.87. The van der Waals surface area contributed by atoms with E-state index in [0.29, 0.717) is 6.42 Å². The van der Waals surface area contributed by atoms with E-state index in [-0.39, 0.29) is 5.78 Å². The molecule has 2 heteroatoms. The smallest absolute Gasteiger partial charge is 0.160 e. The lowest BCUT2D eigenvalue weighted by Crippen LogP contribution is -2.02. The third-order valence-electron chi connectivity index (χ3n) is 2.82. The number of carbonyl (C=O) groups excluding carboxylic acids is 1. The molecule has 2 rings (SSSR count). The zero-order chi connectivity index (χ0) is 10.5. The fourth-order valence-electron chi connectivity index (χ4n) is 2.02. The van der Waals surface area contributed by atoms with Crippen molar-refractivity contribution < 1.29 is 9.21 Å². The Morgan fingerprint density at radius 1 is 1.33 bits per heavy atom. The Hall–Kier alpha value is -1.31. The molecule has 0 unspecified atom stereocenters. The third kappa shape index (κ3) is 3.08. The number of ketones is 1. The number of hydrogen-bond acceptors (Lipinski definition) is 2. The lowest BCUT2D eigenvalue weighted by atomic mass is 9.93. The van der Waals surface area contributed by atoms with Gasteiger partial charge < -0.3 is 4.42 Å². The second-order valence-corrected chi connectivity index (χ2v) is 4.14. The third-order valence-corrected chi connectivity index (χ3v) is 2.82. The molecule has 1 heterocycles. The first kappa shape index (κ1) is 10.2. The van der Waals surface area contributed by atoms with Gasteiger partial charge in [-0.25, -0.2) is 0 Å². The molecule has 1 saturated carbocycles. The van der Waals surface area contributed by atoms with E-state index in [1.165, 1.54) is 24.8 Å². The van der Waals surface area contributed by atoms with Crippen molar-refractivity contribution in [2.24, 2.45) is 0 Å². The summed E-state index contributed by atoms with van der Waals surface area (Å²) in [7, 11) is 0. The molecule has 1 aromatic heterocycles. The number of furan rings is 1. The molecule has 0 radical (unpaired) electrons. The lowest BCUT2D eigenvalue weighted by Gasteiger charge is -2.12. The molecule has 1 aliphatic rings. The average molecular weight is 204 g/mol. The van der Waals surface area contributed by atoms with Crippen LogP contribution in [0.1, 0.15) is 37.7 Å². The van der Waals surface area contributed by atoms with Crippen LogP contribution in [0.5, 0.6) is 0 Å². The van der Waals surface area contributed by atoms with E-state index in [9.17, 15) is 4.79 Å². The highest BCUT2D eigenvalue weighted by Gasteiger charge is 2.08. The summed E-state index contributed by atoms with van der Waals surface area (Å²) < 4.78 is 4.93. The molecule has 0 aromatic carbocycles. The molecule has 0 N–H and O–H groups in total. The minimum absolute atomic E-state index is 0.202. The first-order chi connectivity index (χ1) is 7.34. The molecule has 0 spiro atoms. The van der Waals surface area contributed by atoms with Gasteiger partial charge in [-0.15, -0.1) is 0 Å². The van der Waals surface area contributed by atoms with Gasteiger partial charge in [0.15, 0.2) is 5.78 Å². The summed E-state index contributed by atoms with van der Waals surface area (Å²) in [5, 5.41) is 0. The van der Waals surface area contributed by atoms with Crippen molar-refractivity contribution in [1.82, 2.24) is 0 Å². The molecule has 1 fully saturated rings. The Bertz CT molecular complexity index is 339. The molecule has 0 atom stereocenters. The van der Waals surface area contributed by atoms with E-state index in [0.717, 1.165) is 18.4 Å². The number of rotatable bonds is 3. The molecule has 0 bridgehead atoms. The number of carbonyl (C=O) groups is 1. The van der Waals surface area contributed by atoms with Crippen LogP contribution in [0, 0.1) is 0 Å². The summed E-state index contributed by atoms with van der Waals surface area (Å²) in [4.78, 5) is 11.7. The van der Waals surface area contributed by atoms with E-state index >= 15 is 0 Å². The highest BCUT2D eigenvalue weighted by atomic mass is 16.3. The summed E-state index contributed by atoms with van der Waals surface area (Å²) in [6.45, 7) is 0. The number of hydrogen-bond donors (Lipinski definition) is 0. The highest BCUT2D eigenvalue weighted by Crippen LogP contribution is 2.22. The Labute approximate surface area is 90.0 Å². The second kappa shape index (κ2) is 4.96. The van der Waals surface area contributed by atoms with Gasteiger partial charge in [-0.1, -0.05) is 12.0 Å². The lowest BCUT2D eigenvalue weighted by molar-refractivity contribution is -0.114. The van der Waals surface area contributed by atoms with Gasteiger partial charge in [-0.05, 0) is 43.4 Å². The predicted octanol–water partition coefficient (Wildman–Crippen LogP) is 3.28. The quantitative estimate of drug-likeness (QED) is 0.707. The van der Waals surface area contributed by atoms with Crippen molar-refractivity contribution >= 4 is 5.78 Å². The topological polar surface area (TPSA) is 30.2 Å². The van der Waals surface area contributed by atoms with Gasteiger partial charge in [0.2, 0.25) is 0 Å². The van der Waals surface area contributed by atoms with Crippen LogP contribution in [-0.4, -0.2) is 5.78 Å². The molecule has 0 aliphatic heterocycles. The summed E-state index contributed by atoms with van der Waals surface area (Å²) >= 11 is 0. The van der Waals surface area contributed by atoms with Crippen LogP contribution >= 0.6 is 0 Å². The van der Waals surface area contributed by atoms with Crippen LogP contribution in [0.4, 0.5) is 0 Å². The van der Waals surface area contributed by atoms with Gasteiger partial charge >= 0.3 is 0 Å². The number of allylic oxidation sites excluding steroid dienone is 2. The molecule has 2 nitrogen and oxygen atoms in total. The Kier molecular flexibility index (Phi) is 3.38. The van der Waals surface area contributed by atoms with E-state index in [2.05, 4.69) is 0 Å². The fraction of sp³-hybridized carbons (Fsp3) is 0.462. The Morgan fingerprint density at radius 3 is 2.80 bits per heavy atom. The molecule has 1 aliphatic carbocycles. The SMILES string of the molecule is O=C(C=C1CCCCC1)Cc1ccoc1. The summed E-state index contributed by atoms with van der Waals surface area (Å²) in [6.07, 6.45) is 11.6. The maximum atomic E-state index is 11.7. The molecule has 15 heavy (non-hydrogen) atoms. The van der Waals surface area contributed by atoms with E-state index in [1.807, 2.05) is 12.1 Å². The van der Waals surface area contributed by atoms with Gasteiger partial charge in [0, 0.05) is 6.42 Å². The van der Waals surface area contributed by atoms with Crippen molar-refractivity contribution in [3.8, 4) is 0 Å². The minimum Gasteiger partial charge on any atom is -0.472 e. The largest absolute Gasteiger partial charge is 0.472 e. The molecule has 80 valence electrons. The van der Waals surface area contributed by atoms with Crippen molar-refractivity contribution in [2.75, 3.05) is 0 Å². The Balaban J connectivity index is 1.91. The van der Waals surface area contributed by atoms with Crippen LogP contribution in [0.2, 0.25) is 0 Å². The molecular formula is C13H16O2. The van der Waals surface area contributed by atoms with Gasteiger partial charge in [0.1, 0.15) is 0 Å². The molecule has 1 aromatic rings. The van der Waals surface area contributed by atoms with Gasteiger partial charge in [0.25, 0.3) is 0 Å². The van der Waals surface area contributed by atoms with Crippen LogP contribution in [0.3, 0.4) is 0 Å². The molecular weight excluding hydrogens is 188 g/mol. The first-order valence-electron chi connectivity index (χ1n) is 5.58. The molecule has 0 amide bonds. The zero-order valence-corrected chi connectivity index (χ0v) is 8.87. The monoisotopic (exact) mass is 204 g/mol. The van der Waals surface area contributed by atoms with Crippen molar-refractivity contribution in [2.45, 2.75) is 38.5 Å². The summed E-state index contributed by atoms with van der Waals surface area (Å²) in [5.74, 6) is 0.202. The standard InChI is InChI=1S/C13H16O2/c14-13(9-12-6-7-15-10-12)8-11-4-2-1-3-5-11/h6-8,10H,1-5,9H2. The van der Waals surface area contributed by atoms with E-state index < -0.39 is 0 Å². The van der Waals surface area contributed by atoms with E-state index in [1.54, 1.807) is 12.5 Å². The fourth-order valence-corrected chi connectivity index (χ4v) is 2.02. The second-order valence-electron chi connectivity index (χ2n) is 4.14. The van der Waals surface area contributed by atoms with Crippen LogP contribution in [0.25, 0.3) is 0 Å². The predicted molar refractivity (Wildman–Crippen MR) is 58.6 cm³/mol. The summed E-state index contributed by atoms with van der Waals surface area (Å²) in [6, 6.07) is 1.84. The van der Waals surface area contributed by atoms with Crippen molar-refractivity contribution in [3.63, 3.8) is 0 Å². The first-order valence-corrected chi connectivity index (χ1v) is 5.58.